The lowest BCUT2D eigenvalue weighted by Crippen LogP contribution is -2.20. The van der Waals surface area contributed by atoms with Crippen LogP contribution in [0.5, 0.6) is 0 Å². The molecule has 1 aliphatic rings. The van der Waals surface area contributed by atoms with E-state index in [-0.39, 0.29) is 11.7 Å². The number of thioether (sulfide) groups is 1. The first-order valence-electron chi connectivity index (χ1n) is 7.32. The molecule has 1 aromatic heterocycles. The fraction of sp³-hybridized carbons (Fsp3) is 0.250. The van der Waals surface area contributed by atoms with Crippen molar-refractivity contribution in [3.63, 3.8) is 0 Å². The number of nitrogens with one attached hydrogen (secondary N) is 1. The zero-order valence-electron chi connectivity index (χ0n) is 13.1. The smallest absolute Gasteiger partial charge is 0.231 e. The number of amides is 1. The third-order valence-electron chi connectivity index (χ3n) is 3.61. The van der Waals surface area contributed by atoms with Crippen molar-refractivity contribution in [3.05, 3.63) is 42.0 Å². The Morgan fingerprint density at radius 2 is 2.33 bits per heavy atom. The molecule has 0 saturated heterocycles. The van der Waals surface area contributed by atoms with Crippen molar-refractivity contribution in [2.24, 2.45) is 0 Å². The SMILES string of the molecule is C=CCNc1nnc(SCC(=O)c2ccc3c(c2)CC(=O)N3C)s1. The van der Waals surface area contributed by atoms with Crippen molar-refractivity contribution in [1.82, 2.24) is 10.2 Å². The summed E-state index contributed by atoms with van der Waals surface area (Å²) in [5.74, 6) is 0.358. The first-order valence-corrected chi connectivity index (χ1v) is 9.12. The molecule has 1 aliphatic heterocycles. The Balaban J connectivity index is 1.61. The minimum absolute atomic E-state index is 0.0144. The second-order valence-electron chi connectivity index (χ2n) is 5.23. The van der Waals surface area contributed by atoms with Gasteiger partial charge < -0.3 is 10.2 Å². The van der Waals surface area contributed by atoms with Crippen molar-refractivity contribution in [2.75, 3.05) is 29.6 Å². The molecule has 6 nitrogen and oxygen atoms in total. The van der Waals surface area contributed by atoms with Gasteiger partial charge in [0.05, 0.1) is 12.2 Å². The molecule has 1 amide bonds. The van der Waals surface area contributed by atoms with Crippen molar-refractivity contribution < 1.29 is 9.59 Å². The number of likely N-dealkylation sites (N-methyl/N-ethyl adjacent to an activating group) is 1. The molecule has 0 spiro atoms. The minimum atomic E-state index is 0.0144. The van der Waals surface area contributed by atoms with Crippen LogP contribution in [-0.4, -0.2) is 41.2 Å². The van der Waals surface area contributed by atoms with Crippen molar-refractivity contribution in [2.45, 2.75) is 10.8 Å². The van der Waals surface area contributed by atoms with E-state index in [1.165, 1.54) is 23.1 Å². The Labute approximate surface area is 148 Å². The van der Waals surface area contributed by atoms with Gasteiger partial charge in [-0.2, -0.15) is 0 Å². The lowest BCUT2D eigenvalue weighted by molar-refractivity contribution is -0.117. The van der Waals surface area contributed by atoms with Crippen LogP contribution in [0.15, 0.2) is 35.2 Å². The van der Waals surface area contributed by atoms with Gasteiger partial charge >= 0.3 is 0 Å². The fourth-order valence-electron chi connectivity index (χ4n) is 2.35. The first kappa shape index (κ1) is 16.7. The van der Waals surface area contributed by atoms with E-state index in [1.807, 2.05) is 12.1 Å². The molecule has 2 heterocycles. The maximum absolute atomic E-state index is 12.4. The van der Waals surface area contributed by atoms with Crippen LogP contribution in [0.2, 0.25) is 0 Å². The summed E-state index contributed by atoms with van der Waals surface area (Å²) < 4.78 is 0.742. The molecule has 24 heavy (non-hydrogen) atoms. The van der Waals surface area contributed by atoms with E-state index >= 15 is 0 Å². The number of rotatable bonds is 7. The molecule has 124 valence electrons. The number of carbonyl (C=O) groups is 2. The van der Waals surface area contributed by atoms with Gasteiger partial charge in [0.2, 0.25) is 11.0 Å². The summed E-state index contributed by atoms with van der Waals surface area (Å²) in [6.45, 7) is 4.26. The Hall–Kier alpha value is -2.19. The third-order valence-corrected chi connectivity index (χ3v) is 5.62. The number of hydrogen-bond acceptors (Lipinski definition) is 7. The highest BCUT2D eigenvalue weighted by atomic mass is 32.2. The molecule has 0 aliphatic carbocycles. The third kappa shape index (κ3) is 3.49. The quantitative estimate of drug-likeness (QED) is 0.465. The molecule has 3 rings (SSSR count). The topological polar surface area (TPSA) is 75.2 Å². The summed E-state index contributed by atoms with van der Waals surface area (Å²) in [7, 11) is 1.75. The van der Waals surface area contributed by atoms with Gasteiger partial charge in [0.15, 0.2) is 10.1 Å². The molecule has 1 aromatic carbocycles. The van der Waals surface area contributed by atoms with Crippen molar-refractivity contribution in [3.8, 4) is 0 Å². The monoisotopic (exact) mass is 360 g/mol. The molecule has 0 bridgehead atoms. The molecule has 0 radical (unpaired) electrons. The van der Waals surface area contributed by atoms with Gasteiger partial charge in [-0.05, 0) is 23.8 Å². The van der Waals surface area contributed by atoms with Gasteiger partial charge in [0.1, 0.15) is 0 Å². The number of ketones is 1. The van der Waals surface area contributed by atoms with Crippen LogP contribution in [0.4, 0.5) is 10.8 Å². The van der Waals surface area contributed by atoms with Gasteiger partial charge in [-0.1, -0.05) is 29.2 Å². The summed E-state index contributed by atoms with van der Waals surface area (Å²) in [6, 6.07) is 5.42. The standard InChI is InChI=1S/C16H16N4O2S2/c1-3-6-17-15-18-19-16(24-15)23-9-13(21)10-4-5-12-11(7-10)8-14(22)20(12)2/h3-5,7H,1,6,8-9H2,2H3,(H,17,18). The van der Waals surface area contributed by atoms with Crippen LogP contribution in [0.3, 0.4) is 0 Å². The number of anilines is 2. The molecule has 1 N–H and O–H groups in total. The minimum Gasteiger partial charge on any atom is -0.357 e. The molecule has 0 saturated carbocycles. The number of hydrogen-bond donors (Lipinski definition) is 1. The average molecular weight is 360 g/mol. The lowest BCUT2D eigenvalue weighted by Gasteiger charge is -2.10. The van der Waals surface area contributed by atoms with E-state index < -0.39 is 0 Å². The van der Waals surface area contributed by atoms with Crippen molar-refractivity contribution >= 4 is 45.6 Å². The van der Waals surface area contributed by atoms with Crippen LogP contribution in [0.1, 0.15) is 15.9 Å². The maximum Gasteiger partial charge on any atom is 0.231 e. The molecular formula is C16H16N4O2S2. The lowest BCUT2D eigenvalue weighted by atomic mass is 10.1. The first-order chi connectivity index (χ1) is 11.6. The van der Waals surface area contributed by atoms with Crippen molar-refractivity contribution in [1.29, 1.82) is 0 Å². The molecule has 0 atom stereocenters. The van der Waals surface area contributed by atoms with Gasteiger partial charge in [-0.15, -0.1) is 16.8 Å². The van der Waals surface area contributed by atoms with Crippen LogP contribution in [0, 0.1) is 0 Å². The highest BCUT2D eigenvalue weighted by Crippen LogP contribution is 2.30. The van der Waals surface area contributed by atoms with E-state index in [2.05, 4.69) is 22.1 Å². The highest BCUT2D eigenvalue weighted by Gasteiger charge is 2.24. The van der Waals surface area contributed by atoms with Gasteiger partial charge in [-0.3, -0.25) is 9.59 Å². The van der Waals surface area contributed by atoms with Gasteiger partial charge in [0, 0.05) is 24.8 Å². The largest absolute Gasteiger partial charge is 0.357 e. The van der Waals surface area contributed by atoms with Gasteiger partial charge in [0.25, 0.3) is 0 Å². The van der Waals surface area contributed by atoms with E-state index in [0.717, 1.165) is 15.6 Å². The van der Waals surface area contributed by atoms with E-state index in [1.54, 1.807) is 24.1 Å². The number of aromatic nitrogens is 2. The highest BCUT2D eigenvalue weighted by molar-refractivity contribution is 8.01. The molecule has 2 aromatic rings. The number of nitrogens with zero attached hydrogens (tertiary/aromatic N) is 3. The summed E-state index contributed by atoms with van der Waals surface area (Å²) in [4.78, 5) is 25.7. The van der Waals surface area contributed by atoms with E-state index in [0.29, 0.717) is 29.4 Å². The summed E-state index contributed by atoms with van der Waals surface area (Å²) >= 11 is 2.77. The normalized spacial score (nSPS) is 13.0. The summed E-state index contributed by atoms with van der Waals surface area (Å²) in [5, 5.41) is 11.8. The van der Waals surface area contributed by atoms with Crippen LogP contribution < -0.4 is 10.2 Å². The van der Waals surface area contributed by atoms with E-state index in [9.17, 15) is 9.59 Å². The van der Waals surface area contributed by atoms with Crippen LogP contribution in [-0.2, 0) is 11.2 Å². The molecule has 0 fully saturated rings. The Morgan fingerprint density at radius 3 is 3.12 bits per heavy atom. The number of benzene rings is 1. The zero-order chi connectivity index (χ0) is 17.1. The van der Waals surface area contributed by atoms with Crippen LogP contribution >= 0.6 is 23.1 Å². The van der Waals surface area contributed by atoms with Gasteiger partial charge in [-0.25, -0.2) is 0 Å². The maximum atomic E-state index is 12.4. The Kier molecular flexibility index (Phi) is 4.96. The Bertz CT molecular complexity index is 803. The number of carbonyl (C=O) groups excluding carboxylic acids is 2. The molecular weight excluding hydrogens is 344 g/mol. The fourth-order valence-corrected chi connectivity index (χ4v) is 4.01. The predicted octanol–water partition coefficient (Wildman–Crippen LogP) is 2.63. The average Bonchev–Trinajstić information content (AvgIpc) is 3.15. The molecule has 0 unspecified atom stereocenters. The zero-order valence-corrected chi connectivity index (χ0v) is 14.7. The number of Topliss-reactive ketones (excluding diaryl/α,β-unsaturated/α-hetero) is 1. The summed E-state index contributed by atoms with van der Waals surface area (Å²) in [5.41, 5.74) is 2.41. The summed E-state index contributed by atoms with van der Waals surface area (Å²) in [6.07, 6.45) is 2.10. The van der Waals surface area contributed by atoms with Crippen LogP contribution in [0.25, 0.3) is 0 Å². The molecule has 8 heteroatoms. The number of fused-ring (bicyclic) bond motifs is 1. The Morgan fingerprint density at radius 1 is 1.50 bits per heavy atom. The second-order valence-corrected chi connectivity index (χ2v) is 7.43. The predicted molar refractivity (Wildman–Crippen MR) is 97.2 cm³/mol. The van der Waals surface area contributed by atoms with E-state index in [4.69, 9.17) is 0 Å². The second kappa shape index (κ2) is 7.14.